The molecule has 2 rings (SSSR count). The molecule has 3 atom stereocenters. The molecular formula is C10H15NO2S. The molecule has 1 aromatic rings. The van der Waals surface area contributed by atoms with Crippen molar-refractivity contribution in [3.05, 3.63) is 22.4 Å². The molecule has 1 aliphatic rings. The van der Waals surface area contributed by atoms with Gasteiger partial charge in [-0.05, 0) is 17.9 Å². The molecule has 1 saturated carbocycles. The molecule has 0 amide bonds. The second-order valence-electron chi connectivity index (χ2n) is 3.53. The van der Waals surface area contributed by atoms with E-state index in [4.69, 9.17) is 15.2 Å². The van der Waals surface area contributed by atoms with Crippen LogP contribution >= 0.6 is 11.3 Å². The molecule has 14 heavy (non-hydrogen) atoms. The van der Waals surface area contributed by atoms with E-state index in [0.29, 0.717) is 6.61 Å². The van der Waals surface area contributed by atoms with E-state index in [0.717, 1.165) is 6.42 Å². The molecule has 0 spiro atoms. The number of thiophene rings is 1. The maximum Gasteiger partial charge on any atom is 0.0984 e. The summed E-state index contributed by atoms with van der Waals surface area (Å²) in [6.07, 6.45) is 1.16. The monoisotopic (exact) mass is 213 g/mol. The summed E-state index contributed by atoms with van der Waals surface area (Å²) in [5.41, 5.74) is 5.77. The SMILES string of the molecule is COC1C(N)CC1OCc1cccs1. The fraction of sp³-hybridized carbons (Fsp3) is 0.600. The minimum Gasteiger partial charge on any atom is -0.377 e. The van der Waals surface area contributed by atoms with Gasteiger partial charge >= 0.3 is 0 Å². The van der Waals surface area contributed by atoms with E-state index < -0.39 is 0 Å². The van der Waals surface area contributed by atoms with E-state index >= 15 is 0 Å². The minimum atomic E-state index is 0.0787. The Morgan fingerprint density at radius 3 is 3.07 bits per heavy atom. The van der Waals surface area contributed by atoms with E-state index in [2.05, 4.69) is 11.4 Å². The maximum atomic E-state index is 5.77. The first-order valence-electron chi connectivity index (χ1n) is 4.73. The minimum absolute atomic E-state index is 0.0787. The third-order valence-corrected chi connectivity index (χ3v) is 3.43. The quantitative estimate of drug-likeness (QED) is 0.821. The van der Waals surface area contributed by atoms with Crippen molar-refractivity contribution in [1.29, 1.82) is 0 Å². The van der Waals surface area contributed by atoms with Gasteiger partial charge in [-0.15, -0.1) is 11.3 Å². The van der Waals surface area contributed by atoms with Crippen molar-refractivity contribution in [2.24, 2.45) is 5.73 Å². The summed E-state index contributed by atoms with van der Waals surface area (Å²) >= 11 is 1.71. The van der Waals surface area contributed by atoms with Crippen LogP contribution in [0.25, 0.3) is 0 Å². The number of hydrogen-bond acceptors (Lipinski definition) is 4. The zero-order valence-corrected chi connectivity index (χ0v) is 9.00. The Morgan fingerprint density at radius 2 is 2.50 bits per heavy atom. The highest BCUT2D eigenvalue weighted by Crippen LogP contribution is 2.26. The van der Waals surface area contributed by atoms with Gasteiger partial charge in [-0.2, -0.15) is 0 Å². The van der Waals surface area contributed by atoms with Gasteiger partial charge in [0.05, 0.1) is 18.8 Å². The molecule has 0 saturated heterocycles. The molecule has 1 aromatic heterocycles. The van der Waals surface area contributed by atoms with Gasteiger partial charge in [0.2, 0.25) is 0 Å². The van der Waals surface area contributed by atoms with Crippen LogP contribution < -0.4 is 5.73 Å². The standard InChI is InChI=1S/C10H15NO2S/c1-12-10-8(11)5-9(10)13-6-7-3-2-4-14-7/h2-4,8-10H,5-6,11H2,1H3. The molecule has 3 nitrogen and oxygen atoms in total. The van der Waals surface area contributed by atoms with E-state index in [9.17, 15) is 0 Å². The van der Waals surface area contributed by atoms with E-state index in [1.54, 1.807) is 18.4 Å². The van der Waals surface area contributed by atoms with Gasteiger partial charge in [0.25, 0.3) is 0 Å². The predicted octanol–water partition coefficient (Wildman–Crippen LogP) is 1.38. The van der Waals surface area contributed by atoms with E-state index in [-0.39, 0.29) is 18.2 Å². The molecule has 0 aliphatic heterocycles. The van der Waals surface area contributed by atoms with Gasteiger partial charge in [0, 0.05) is 18.0 Å². The third-order valence-electron chi connectivity index (χ3n) is 2.58. The first-order valence-corrected chi connectivity index (χ1v) is 5.61. The lowest BCUT2D eigenvalue weighted by atomic mass is 9.86. The summed E-state index contributed by atoms with van der Waals surface area (Å²) in [6.45, 7) is 0.676. The lowest BCUT2D eigenvalue weighted by Gasteiger charge is -2.40. The van der Waals surface area contributed by atoms with Crippen LogP contribution in [-0.2, 0) is 16.1 Å². The molecule has 1 heterocycles. The second-order valence-corrected chi connectivity index (χ2v) is 4.56. The van der Waals surface area contributed by atoms with Crippen LogP contribution in [0.1, 0.15) is 11.3 Å². The number of methoxy groups -OCH3 is 1. The highest BCUT2D eigenvalue weighted by Gasteiger charge is 2.39. The largest absolute Gasteiger partial charge is 0.377 e. The van der Waals surface area contributed by atoms with Crippen molar-refractivity contribution in [3.8, 4) is 0 Å². The van der Waals surface area contributed by atoms with Gasteiger partial charge in [-0.25, -0.2) is 0 Å². The molecule has 0 aromatic carbocycles. The van der Waals surface area contributed by atoms with Crippen LogP contribution in [0.4, 0.5) is 0 Å². The average Bonchev–Trinajstić information content (AvgIpc) is 2.65. The number of hydrogen-bond donors (Lipinski definition) is 1. The van der Waals surface area contributed by atoms with Gasteiger partial charge < -0.3 is 15.2 Å². The summed E-state index contributed by atoms with van der Waals surface area (Å²) in [6, 6.07) is 4.25. The Kier molecular flexibility index (Phi) is 3.18. The molecule has 0 bridgehead atoms. The first kappa shape index (κ1) is 10.1. The molecule has 2 N–H and O–H groups in total. The van der Waals surface area contributed by atoms with Crippen molar-refractivity contribution in [2.45, 2.75) is 31.3 Å². The summed E-state index contributed by atoms with van der Waals surface area (Å²) in [5, 5.41) is 2.05. The van der Waals surface area contributed by atoms with Crippen molar-refractivity contribution in [2.75, 3.05) is 7.11 Å². The summed E-state index contributed by atoms with van der Waals surface area (Å²) in [5.74, 6) is 0. The Hall–Kier alpha value is -0.420. The number of ether oxygens (including phenoxy) is 2. The van der Waals surface area contributed by atoms with Gasteiger partial charge in [-0.1, -0.05) is 6.07 Å². The molecule has 0 radical (unpaired) electrons. The normalized spacial score (nSPS) is 31.4. The van der Waals surface area contributed by atoms with Crippen LogP contribution in [0.3, 0.4) is 0 Å². The van der Waals surface area contributed by atoms with Crippen LogP contribution in [0, 0.1) is 0 Å². The highest BCUT2D eigenvalue weighted by atomic mass is 32.1. The number of nitrogens with two attached hydrogens (primary N) is 1. The van der Waals surface area contributed by atoms with Crippen LogP contribution in [0.15, 0.2) is 17.5 Å². The lowest BCUT2D eigenvalue weighted by Crippen LogP contribution is -2.57. The van der Waals surface area contributed by atoms with Gasteiger partial charge in [0.15, 0.2) is 0 Å². The van der Waals surface area contributed by atoms with Gasteiger partial charge in [-0.3, -0.25) is 0 Å². The maximum absolute atomic E-state index is 5.77. The molecule has 78 valence electrons. The summed E-state index contributed by atoms with van der Waals surface area (Å²) in [7, 11) is 1.69. The summed E-state index contributed by atoms with van der Waals surface area (Å²) < 4.78 is 10.9. The third kappa shape index (κ3) is 1.98. The van der Waals surface area contributed by atoms with Crippen LogP contribution in [-0.4, -0.2) is 25.4 Å². The average molecular weight is 213 g/mol. The predicted molar refractivity (Wildman–Crippen MR) is 56.3 cm³/mol. The Bertz CT molecular complexity index is 276. The molecule has 4 heteroatoms. The van der Waals surface area contributed by atoms with Crippen molar-refractivity contribution >= 4 is 11.3 Å². The fourth-order valence-corrected chi connectivity index (χ4v) is 2.31. The van der Waals surface area contributed by atoms with E-state index in [1.165, 1.54) is 4.88 Å². The molecular weight excluding hydrogens is 198 g/mol. The fourth-order valence-electron chi connectivity index (χ4n) is 1.69. The zero-order chi connectivity index (χ0) is 9.97. The second kappa shape index (κ2) is 4.40. The van der Waals surface area contributed by atoms with E-state index in [1.807, 2.05) is 6.07 Å². The topological polar surface area (TPSA) is 44.5 Å². The lowest BCUT2D eigenvalue weighted by molar-refractivity contribution is -0.131. The first-order chi connectivity index (χ1) is 6.81. The molecule has 3 unspecified atom stereocenters. The van der Waals surface area contributed by atoms with Crippen LogP contribution in [0.2, 0.25) is 0 Å². The molecule has 1 aliphatic carbocycles. The van der Waals surface area contributed by atoms with Crippen LogP contribution in [0.5, 0.6) is 0 Å². The Labute approximate surface area is 87.8 Å². The Morgan fingerprint density at radius 1 is 1.64 bits per heavy atom. The van der Waals surface area contributed by atoms with Gasteiger partial charge in [0.1, 0.15) is 0 Å². The highest BCUT2D eigenvalue weighted by molar-refractivity contribution is 7.09. The van der Waals surface area contributed by atoms with Crippen molar-refractivity contribution in [1.82, 2.24) is 0 Å². The number of rotatable bonds is 4. The van der Waals surface area contributed by atoms with Crippen molar-refractivity contribution in [3.63, 3.8) is 0 Å². The Balaban J connectivity index is 1.77. The van der Waals surface area contributed by atoms with Crippen molar-refractivity contribution < 1.29 is 9.47 Å². The summed E-state index contributed by atoms with van der Waals surface area (Å²) in [4.78, 5) is 1.25. The zero-order valence-electron chi connectivity index (χ0n) is 8.18. The smallest absolute Gasteiger partial charge is 0.0984 e. The molecule has 1 fully saturated rings.